The first-order valence-electron chi connectivity index (χ1n) is 10.5. The van der Waals surface area contributed by atoms with Gasteiger partial charge in [-0.25, -0.2) is 9.37 Å². The molecule has 2 aromatic rings. The molecule has 0 aliphatic heterocycles. The highest BCUT2D eigenvalue weighted by Crippen LogP contribution is 2.30. The number of aromatic nitrogens is 1. The van der Waals surface area contributed by atoms with Gasteiger partial charge in [0.25, 0.3) is 5.91 Å². The van der Waals surface area contributed by atoms with E-state index < -0.39 is 11.7 Å². The van der Waals surface area contributed by atoms with E-state index in [1.165, 1.54) is 6.21 Å². The van der Waals surface area contributed by atoms with E-state index in [-0.39, 0.29) is 29.3 Å². The molecule has 1 fully saturated rings. The Hall–Kier alpha value is -3.53. The molecule has 32 heavy (non-hydrogen) atoms. The van der Waals surface area contributed by atoms with Crippen molar-refractivity contribution in [1.29, 1.82) is 5.41 Å². The van der Waals surface area contributed by atoms with Crippen LogP contribution in [0.15, 0.2) is 35.4 Å². The van der Waals surface area contributed by atoms with Crippen LogP contribution >= 0.6 is 0 Å². The lowest BCUT2D eigenvalue weighted by molar-refractivity contribution is 0.100. The molecule has 9 nitrogen and oxygen atoms in total. The van der Waals surface area contributed by atoms with Crippen molar-refractivity contribution in [2.75, 3.05) is 29.7 Å². The highest BCUT2D eigenvalue weighted by molar-refractivity contribution is 6.14. The topological polar surface area (TPSA) is 132 Å². The van der Waals surface area contributed by atoms with E-state index in [2.05, 4.69) is 26.1 Å². The Morgan fingerprint density at radius 2 is 1.97 bits per heavy atom. The van der Waals surface area contributed by atoms with Crippen molar-refractivity contribution in [1.82, 2.24) is 10.3 Å². The van der Waals surface area contributed by atoms with Gasteiger partial charge in [0, 0.05) is 31.0 Å². The number of hydrogen-bond donors (Lipinski definition) is 5. The third-order valence-electron chi connectivity index (χ3n) is 5.65. The fraction of sp³-hybridized carbons (Fsp3) is 0.364. The molecule has 0 saturated heterocycles. The standard InChI is InChI=1S/C22H29FN8O/c1-26-18-5-3-4-6-19(18)31(2)22-17(23)13-16(20(25)32)21(29-22)28-14-7-9-15(10-8-14)30-27-12-11-24/h7-13,18-19,24,26,30H,3-6H2,1-2H3,(H2,25,32)(H,28,29)/b24-11?,27-12-/t18-,19+/m0/s1. The van der Waals surface area contributed by atoms with Gasteiger partial charge in [0.15, 0.2) is 11.6 Å². The van der Waals surface area contributed by atoms with Gasteiger partial charge < -0.3 is 26.7 Å². The zero-order valence-corrected chi connectivity index (χ0v) is 18.2. The van der Waals surface area contributed by atoms with E-state index in [1.807, 2.05) is 19.0 Å². The van der Waals surface area contributed by atoms with E-state index in [1.54, 1.807) is 24.3 Å². The van der Waals surface area contributed by atoms with Crippen LogP contribution in [0.25, 0.3) is 0 Å². The molecule has 1 saturated carbocycles. The van der Waals surface area contributed by atoms with Crippen LogP contribution < -0.4 is 26.7 Å². The fourth-order valence-electron chi connectivity index (χ4n) is 3.99. The van der Waals surface area contributed by atoms with Gasteiger partial charge in [-0.1, -0.05) is 12.8 Å². The second kappa shape index (κ2) is 10.7. The zero-order valence-electron chi connectivity index (χ0n) is 18.2. The molecular formula is C22H29FN8O. The summed E-state index contributed by atoms with van der Waals surface area (Å²) in [6, 6.07) is 8.53. The number of nitrogens with zero attached hydrogens (tertiary/aromatic N) is 3. The number of carbonyl (C=O) groups is 1. The second-order valence-corrected chi connectivity index (χ2v) is 7.67. The Bertz CT molecular complexity index is 979. The molecule has 10 heteroatoms. The molecule has 170 valence electrons. The molecule has 1 amide bonds. The van der Waals surface area contributed by atoms with Crippen molar-refractivity contribution < 1.29 is 9.18 Å². The first-order valence-corrected chi connectivity index (χ1v) is 10.5. The van der Waals surface area contributed by atoms with Gasteiger partial charge in [0.2, 0.25) is 0 Å². The maximum atomic E-state index is 15.0. The summed E-state index contributed by atoms with van der Waals surface area (Å²) in [7, 11) is 3.74. The SMILES string of the molecule is CN[C@H]1CCCC[C@H]1N(C)c1nc(Nc2ccc(N/N=C\C=N)cc2)c(C(N)=O)cc1F. The van der Waals surface area contributed by atoms with E-state index in [0.29, 0.717) is 11.4 Å². The number of anilines is 4. The zero-order chi connectivity index (χ0) is 23.1. The van der Waals surface area contributed by atoms with Gasteiger partial charge in [-0.15, -0.1) is 0 Å². The number of nitrogens with two attached hydrogens (primary N) is 1. The van der Waals surface area contributed by atoms with E-state index >= 15 is 0 Å². The van der Waals surface area contributed by atoms with Crippen molar-refractivity contribution in [3.63, 3.8) is 0 Å². The first kappa shape index (κ1) is 23.1. The van der Waals surface area contributed by atoms with Crippen LogP contribution in [0.2, 0.25) is 0 Å². The average Bonchev–Trinajstić information content (AvgIpc) is 2.80. The Balaban J connectivity index is 1.88. The summed E-state index contributed by atoms with van der Waals surface area (Å²) in [4.78, 5) is 18.3. The molecule has 3 rings (SSSR count). The van der Waals surface area contributed by atoms with Crippen LogP contribution in [0.3, 0.4) is 0 Å². The third kappa shape index (κ3) is 5.38. The average molecular weight is 441 g/mol. The largest absolute Gasteiger partial charge is 0.365 e. The number of carbonyl (C=O) groups excluding carboxylic acids is 1. The number of rotatable bonds is 9. The van der Waals surface area contributed by atoms with E-state index in [4.69, 9.17) is 11.1 Å². The number of hydrogen-bond acceptors (Lipinski definition) is 8. The minimum Gasteiger partial charge on any atom is -0.365 e. The third-order valence-corrected chi connectivity index (χ3v) is 5.65. The fourth-order valence-corrected chi connectivity index (χ4v) is 3.99. The number of hydrazone groups is 1. The lowest BCUT2D eigenvalue weighted by atomic mass is 9.89. The maximum Gasteiger partial charge on any atom is 0.252 e. The minimum atomic E-state index is -0.766. The number of amides is 1. The number of pyridine rings is 1. The van der Waals surface area contributed by atoms with Crippen molar-refractivity contribution in [3.05, 3.63) is 41.7 Å². The minimum absolute atomic E-state index is 0.0220. The number of likely N-dealkylation sites (N-methyl/N-ethyl adjacent to an activating group) is 2. The van der Waals surface area contributed by atoms with Gasteiger partial charge in [0.05, 0.1) is 17.5 Å². The number of halogens is 1. The van der Waals surface area contributed by atoms with Gasteiger partial charge in [-0.3, -0.25) is 10.2 Å². The second-order valence-electron chi connectivity index (χ2n) is 7.67. The first-order chi connectivity index (χ1) is 15.4. The molecule has 1 aromatic heterocycles. The van der Waals surface area contributed by atoms with Crippen molar-refractivity contribution in [3.8, 4) is 0 Å². The quantitative estimate of drug-likeness (QED) is 0.301. The van der Waals surface area contributed by atoms with Crippen LogP contribution in [0.5, 0.6) is 0 Å². The Morgan fingerprint density at radius 3 is 2.62 bits per heavy atom. The Kier molecular flexibility index (Phi) is 7.72. The molecule has 1 aliphatic rings. The molecule has 1 heterocycles. The summed E-state index contributed by atoms with van der Waals surface area (Å²) in [6.45, 7) is 0. The Morgan fingerprint density at radius 1 is 1.28 bits per heavy atom. The molecule has 1 aliphatic carbocycles. The van der Waals surface area contributed by atoms with Crippen LogP contribution in [0.4, 0.5) is 27.4 Å². The number of primary amides is 1. The molecule has 1 aromatic carbocycles. The summed E-state index contributed by atoms with van der Waals surface area (Å²) >= 11 is 0. The predicted octanol–water partition coefficient (Wildman–Crippen LogP) is 3.08. The molecule has 0 bridgehead atoms. The van der Waals surface area contributed by atoms with Crippen LogP contribution in [0.1, 0.15) is 36.0 Å². The van der Waals surface area contributed by atoms with Gasteiger partial charge in [-0.2, -0.15) is 5.10 Å². The summed E-state index contributed by atoms with van der Waals surface area (Å²) < 4.78 is 15.0. The summed E-state index contributed by atoms with van der Waals surface area (Å²) in [5.74, 6) is -0.988. The predicted molar refractivity (Wildman–Crippen MR) is 127 cm³/mol. The molecular weight excluding hydrogens is 411 g/mol. The normalized spacial score (nSPS) is 18.3. The van der Waals surface area contributed by atoms with E-state index in [0.717, 1.165) is 38.0 Å². The maximum absolute atomic E-state index is 15.0. The highest BCUT2D eigenvalue weighted by Gasteiger charge is 2.30. The van der Waals surface area contributed by atoms with Crippen LogP contribution in [-0.4, -0.2) is 49.5 Å². The smallest absolute Gasteiger partial charge is 0.252 e. The molecule has 0 radical (unpaired) electrons. The summed E-state index contributed by atoms with van der Waals surface area (Å²) in [6.07, 6.45) is 6.53. The summed E-state index contributed by atoms with van der Waals surface area (Å²) in [5.41, 5.74) is 9.61. The van der Waals surface area contributed by atoms with Gasteiger partial charge in [0.1, 0.15) is 5.82 Å². The summed E-state index contributed by atoms with van der Waals surface area (Å²) in [5, 5.41) is 17.2. The highest BCUT2D eigenvalue weighted by atomic mass is 19.1. The van der Waals surface area contributed by atoms with Crippen LogP contribution in [0, 0.1) is 11.2 Å². The Labute approximate surface area is 186 Å². The molecule has 6 N–H and O–H groups in total. The van der Waals surface area contributed by atoms with Crippen molar-refractivity contribution in [2.45, 2.75) is 37.8 Å². The molecule has 0 spiro atoms. The van der Waals surface area contributed by atoms with E-state index in [9.17, 15) is 9.18 Å². The molecule has 2 atom stereocenters. The monoisotopic (exact) mass is 440 g/mol. The van der Waals surface area contributed by atoms with Crippen molar-refractivity contribution in [2.24, 2.45) is 10.8 Å². The lowest BCUT2D eigenvalue weighted by Gasteiger charge is -2.38. The number of nitrogens with one attached hydrogen (secondary N) is 4. The molecule has 0 unspecified atom stereocenters. The lowest BCUT2D eigenvalue weighted by Crippen LogP contribution is -2.50. The number of benzene rings is 1. The van der Waals surface area contributed by atoms with Crippen molar-refractivity contribution >= 4 is 41.3 Å². The van der Waals surface area contributed by atoms with Gasteiger partial charge >= 0.3 is 0 Å². The van der Waals surface area contributed by atoms with Gasteiger partial charge in [-0.05, 0) is 50.2 Å². The van der Waals surface area contributed by atoms with Crippen LogP contribution in [-0.2, 0) is 0 Å².